The van der Waals surface area contributed by atoms with Gasteiger partial charge in [0.25, 0.3) is 5.90 Å². The molecule has 2 aromatic rings. The van der Waals surface area contributed by atoms with Gasteiger partial charge in [-0.05, 0) is 37.9 Å². The molecule has 4 heteroatoms. The summed E-state index contributed by atoms with van der Waals surface area (Å²) in [6, 6.07) is 17.7. The van der Waals surface area contributed by atoms with E-state index in [0.29, 0.717) is 18.3 Å². The molecule has 0 aliphatic carbocycles. The van der Waals surface area contributed by atoms with Gasteiger partial charge in [0.1, 0.15) is 12.3 Å². The fraction of sp³-hybridized carbons (Fsp3) is 0.211. The van der Waals surface area contributed by atoms with Crippen LogP contribution in [-0.2, 0) is 4.74 Å². The minimum atomic E-state index is 0.523. The van der Waals surface area contributed by atoms with Gasteiger partial charge in [0.05, 0.1) is 0 Å². The van der Waals surface area contributed by atoms with Crippen molar-refractivity contribution in [3.05, 3.63) is 65.9 Å². The third-order valence-electron chi connectivity index (χ3n) is 3.39. The molecule has 0 atom stereocenters. The highest BCUT2D eigenvalue weighted by molar-refractivity contribution is 5.99. The highest BCUT2D eigenvalue weighted by atomic mass is 16.5. The van der Waals surface area contributed by atoms with Crippen LogP contribution in [0.1, 0.15) is 5.56 Å². The van der Waals surface area contributed by atoms with Crippen LogP contribution < -0.4 is 4.74 Å². The normalized spacial score (nSPS) is 15.1. The Bertz CT molecular complexity index is 721. The smallest absolute Gasteiger partial charge is 0.258 e. The topological polar surface area (TPSA) is 34.1 Å². The number of ether oxygens (including phenoxy) is 2. The van der Waals surface area contributed by atoms with E-state index >= 15 is 0 Å². The van der Waals surface area contributed by atoms with Gasteiger partial charge in [0, 0.05) is 6.54 Å². The molecule has 1 aliphatic rings. The summed E-state index contributed by atoms with van der Waals surface area (Å²) < 4.78 is 11.8. The molecule has 0 amide bonds. The molecule has 0 saturated carbocycles. The molecule has 1 heterocycles. The largest absolute Gasteiger partial charge is 0.474 e. The summed E-state index contributed by atoms with van der Waals surface area (Å²) in [5, 5.41) is 0. The van der Waals surface area contributed by atoms with Crippen molar-refractivity contribution >= 4 is 17.7 Å². The van der Waals surface area contributed by atoms with E-state index in [1.807, 2.05) is 74.8 Å². The van der Waals surface area contributed by atoms with Gasteiger partial charge < -0.3 is 14.4 Å². The monoisotopic (exact) mass is 308 g/mol. The van der Waals surface area contributed by atoms with Gasteiger partial charge in [-0.3, -0.25) is 0 Å². The van der Waals surface area contributed by atoms with Crippen LogP contribution in [0.5, 0.6) is 5.75 Å². The summed E-state index contributed by atoms with van der Waals surface area (Å²) >= 11 is 0. The average molecular weight is 308 g/mol. The van der Waals surface area contributed by atoms with Gasteiger partial charge >= 0.3 is 0 Å². The van der Waals surface area contributed by atoms with Crippen LogP contribution in [0.4, 0.5) is 5.69 Å². The molecule has 23 heavy (non-hydrogen) atoms. The second-order valence-electron chi connectivity index (χ2n) is 5.56. The van der Waals surface area contributed by atoms with Crippen molar-refractivity contribution in [2.45, 2.75) is 0 Å². The Balaban J connectivity index is 1.89. The van der Waals surface area contributed by atoms with E-state index in [4.69, 9.17) is 9.47 Å². The number of benzene rings is 2. The Morgan fingerprint density at radius 2 is 1.78 bits per heavy atom. The van der Waals surface area contributed by atoms with Crippen LogP contribution in [0.25, 0.3) is 6.08 Å². The zero-order chi connectivity index (χ0) is 16.1. The van der Waals surface area contributed by atoms with E-state index in [0.717, 1.165) is 23.5 Å². The van der Waals surface area contributed by atoms with Crippen molar-refractivity contribution < 1.29 is 9.47 Å². The lowest BCUT2D eigenvalue weighted by molar-refractivity contribution is 0.242. The molecule has 118 valence electrons. The van der Waals surface area contributed by atoms with Crippen LogP contribution in [0, 0.1) is 0 Å². The number of hydrogen-bond acceptors (Lipinski definition) is 4. The lowest BCUT2D eigenvalue weighted by Crippen LogP contribution is -2.23. The second-order valence-corrected chi connectivity index (χ2v) is 5.56. The van der Waals surface area contributed by atoms with E-state index in [1.54, 1.807) is 0 Å². The van der Waals surface area contributed by atoms with Crippen LogP contribution in [0.3, 0.4) is 0 Å². The first-order valence-corrected chi connectivity index (χ1v) is 7.62. The Hall–Kier alpha value is -2.59. The summed E-state index contributed by atoms with van der Waals surface area (Å²) in [7, 11) is 4.02. The number of para-hydroxylation sites is 2. The van der Waals surface area contributed by atoms with Gasteiger partial charge in [-0.2, -0.15) is 0 Å². The summed E-state index contributed by atoms with van der Waals surface area (Å²) in [5.74, 6) is 1.90. The van der Waals surface area contributed by atoms with Crippen molar-refractivity contribution in [3.8, 4) is 5.75 Å². The quantitative estimate of drug-likeness (QED) is 0.863. The Labute approximate surface area is 136 Å². The SMILES string of the molecule is CN(C)CCOC1=Nc2ccccc2O/C1=C/c1ccccc1. The van der Waals surface area contributed by atoms with Crippen molar-refractivity contribution in [1.82, 2.24) is 4.90 Å². The highest BCUT2D eigenvalue weighted by Crippen LogP contribution is 2.34. The van der Waals surface area contributed by atoms with Crippen LogP contribution >= 0.6 is 0 Å². The number of fused-ring (bicyclic) bond motifs is 1. The van der Waals surface area contributed by atoms with Crippen LogP contribution in [0.15, 0.2) is 65.3 Å². The lowest BCUT2D eigenvalue weighted by atomic mass is 10.2. The van der Waals surface area contributed by atoms with Crippen molar-refractivity contribution in [2.75, 3.05) is 27.2 Å². The molecule has 0 radical (unpaired) electrons. The standard InChI is InChI=1S/C19H20N2O2/c1-21(2)12-13-22-19-18(14-15-8-4-3-5-9-15)23-17-11-7-6-10-16(17)20-19/h3-11,14H,12-13H2,1-2H3/b18-14+. The minimum absolute atomic E-state index is 0.523. The van der Waals surface area contributed by atoms with E-state index in [2.05, 4.69) is 9.89 Å². The molecule has 0 aromatic heterocycles. The van der Waals surface area contributed by atoms with Gasteiger partial charge in [-0.1, -0.05) is 42.5 Å². The van der Waals surface area contributed by atoms with Crippen molar-refractivity contribution in [3.63, 3.8) is 0 Å². The first-order valence-electron chi connectivity index (χ1n) is 7.62. The molecule has 0 N–H and O–H groups in total. The Morgan fingerprint density at radius 1 is 1.04 bits per heavy atom. The van der Waals surface area contributed by atoms with E-state index in [-0.39, 0.29) is 0 Å². The van der Waals surface area contributed by atoms with Gasteiger partial charge in [0.2, 0.25) is 0 Å². The summed E-state index contributed by atoms with van der Waals surface area (Å²) in [6.07, 6.45) is 1.95. The zero-order valence-electron chi connectivity index (χ0n) is 13.4. The average Bonchev–Trinajstić information content (AvgIpc) is 2.56. The van der Waals surface area contributed by atoms with Gasteiger partial charge in [-0.25, -0.2) is 4.99 Å². The molecule has 4 nitrogen and oxygen atoms in total. The molecule has 0 saturated heterocycles. The number of aliphatic imine (C=N–C) groups is 1. The van der Waals surface area contributed by atoms with E-state index in [1.165, 1.54) is 0 Å². The maximum absolute atomic E-state index is 6.00. The number of likely N-dealkylation sites (N-methyl/N-ethyl adjacent to an activating group) is 1. The predicted octanol–water partition coefficient (Wildman–Crippen LogP) is 3.73. The predicted molar refractivity (Wildman–Crippen MR) is 93.1 cm³/mol. The Kier molecular flexibility index (Phi) is 4.74. The maximum Gasteiger partial charge on any atom is 0.258 e. The number of nitrogens with zero attached hydrogens (tertiary/aromatic N) is 2. The first kappa shape index (κ1) is 15.3. The maximum atomic E-state index is 6.00. The van der Waals surface area contributed by atoms with Gasteiger partial charge in [0.15, 0.2) is 11.5 Å². The number of hydrogen-bond donors (Lipinski definition) is 0. The fourth-order valence-corrected chi connectivity index (χ4v) is 2.18. The first-order chi connectivity index (χ1) is 11.2. The molecule has 0 bridgehead atoms. The van der Waals surface area contributed by atoms with Crippen molar-refractivity contribution in [1.29, 1.82) is 0 Å². The molecule has 0 fully saturated rings. The third kappa shape index (κ3) is 3.99. The Morgan fingerprint density at radius 3 is 2.57 bits per heavy atom. The zero-order valence-corrected chi connectivity index (χ0v) is 13.4. The number of rotatable bonds is 4. The lowest BCUT2D eigenvalue weighted by Gasteiger charge is -2.20. The van der Waals surface area contributed by atoms with Crippen molar-refractivity contribution in [2.24, 2.45) is 4.99 Å². The van der Waals surface area contributed by atoms with Crippen LogP contribution in [0.2, 0.25) is 0 Å². The molecule has 0 unspecified atom stereocenters. The molecule has 1 aliphatic heterocycles. The molecular formula is C19H20N2O2. The molecular weight excluding hydrogens is 288 g/mol. The highest BCUT2D eigenvalue weighted by Gasteiger charge is 2.20. The van der Waals surface area contributed by atoms with Crippen LogP contribution in [-0.4, -0.2) is 38.0 Å². The van der Waals surface area contributed by atoms with Gasteiger partial charge in [-0.15, -0.1) is 0 Å². The minimum Gasteiger partial charge on any atom is -0.474 e. The summed E-state index contributed by atoms with van der Waals surface area (Å²) in [5.41, 5.74) is 1.84. The second kappa shape index (κ2) is 7.11. The van der Waals surface area contributed by atoms with E-state index in [9.17, 15) is 0 Å². The third-order valence-corrected chi connectivity index (χ3v) is 3.39. The van der Waals surface area contributed by atoms with E-state index < -0.39 is 0 Å². The molecule has 0 spiro atoms. The molecule has 2 aromatic carbocycles. The summed E-state index contributed by atoms with van der Waals surface area (Å²) in [4.78, 5) is 6.67. The molecule has 3 rings (SSSR count). The summed E-state index contributed by atoms with van der Waals surface area (Å²) in [6.45, 7) is 1.38. The fourth-order valence-electron chi connectivity index (χ4n) is 2.18.